The molecular weight excluding hydrogens is 303 g/mol. The molecule has 2 aromatic rings. The molecule has 0 unspecified atom stereocenters. The minimum absolute atomic E-state index is 0.0315. The first-order valence-electron chi connectivity index (χ1n) is 5.43. The summed E-state index contributed by atoms with van der Waals surface area (Å²) in [6.45, 7) is 1.55. The van der Waals surface area contributed by atoms with Crippen LogP contribution in [-0.4, -0.2) is 23.6 Å². The molecule has 0 spiro atoms. The van der Waals surface area contributed by atoms with Gasteiger partial charge >= 0.3 is 0 Å². The zero-order valence-electron chi connectivity index (χ0n) is 10.3. The molecule has 4 N–H and O–H groups in total. The van der Waals surface area contributed by atoms with Crippen LogP contribution in [0.1, 0.15) is 11.3 Å². The Balaban J connectivity index is 2.36. The van der Waals surface area contributed by atoms with Crippen LogP contribution in [0.2, 0.25) is 0 Å². The molecule has 0 aliphatic carbocycles. The van der Waals surface area contributed by atoms with E-state index in [1.807, 2.05) is 0 Å². The Bertz CT molecular complexity index is 770. The molecule has 0 fully saturated rings. The molecule has 1 aromatic heterocycles. The van der Waals surface area contributed by atoms with Gasteiger partial charge in [0.2, 0.25) is 0 Å². The number of anilines is 1. The topological polar surface area (TPSA) is 101 Å². The first kappa shape index (κ1) is 14.4. The quantitative estimate of drug-likeness (QED) is 0.738. The molecular formula is C11H11FN4O2S2. The smallest absolute Gasteiger partial charge is 0.265 e. The third-order valence-electron chi connectivity index (χ3n) is 2.57. The van der Waals surface area contributed by atoms with Crippen molar-refractivity contribution < 1.29 is 12.8 Å². The Hall–Kier alpha value is -2.00. The molecule has 2 rings (SSSR count). The maximum absolute atomic E-state index is 13.8. The summed E-state index contributed by atoms with van der Waals surface area (Å²) >= 11 is 4.72. The standard InChI is InChI=1S/C11H11FN4O2S2/c1-6-10(5-14-15-6)20(17,18)16-9-3-2-7(11(13)19)4-8(9)12/h2-5,16H,1H3,(H2,13,19)(H,14,15). The van der Waals surface area contributed by atoms with E-state index in [0.29, 0.717) is 11.3 Å². The van der Waals surface area contributed by atoms with Gasteiger partial charge in [-0.2, -0.15) is 5.10 Å². The van der Waals surface area contributed by atoms with Crippen LogP contribution < -0.4 is 10.5 Å². The molecule has 0 saturated carbocycles. The lowest BCUT2D eigenvalue weighted by Crippen LogP contribution is -2.15. The molecule has 9 heteroatoms. The lowest BCUT2D eigenvalue weighted by atomic mass is 10.2. The SMILES string of the molecule is Cc1[nH]ncc1S(=O)(=O)Nc1ccc(C(N)=S)cc1F. The minimum Gasteiger partial charge on any atom is -0.389 e. The number of hydrogen-bond acceptors (Lipinski definition) is 4. The molecule has 106 valence electrons. The van der Waals surface area contributed by atoms with Crippen molar-refractivity contribution in [3.05, 3.63) is 41.5 Å². The predicted octanol–water partition coefficient (Wildman–Crippen LogP) is 1.29. The molecule has 1 heterocycles. The Morgan fingerprint density at radius 3 is 2.70 bits per heavy atom. The van der Waals surface area contributed by atoms with E-state index in [1.165, 1.54) is 12.1 Å². The van der Waals surface area contributed by atoms with Crippen molar-refractivity contribution in [2.24, 2.45) is 5.73 Å². The Labute approximate surface area is 120 Å². The van der Waals surface area contributed by atoms with Crippen LogP contribution in [0, 0.1) is 12.7 Å². The molecule has 0 aliphatic heterocycles. The van der Waals surface area contributed by atoms with Gasteiger partial charge in [-0.05, 0) is 25.1 Å². The van der Waals surface area contributed by atoms with Crippen molar-refractivity contribution in [1.82, 2.24) is 10.2 Å². The van der Waals surface area contributed by atoms with E-state index in [2.05, 4.69) is 14.9 Å². The highest BCUT2D eigenvalue weighted by molar-refractivity contribution is 7.92. The van der Waals surface area contributed by atoms with Crippen LogP contribution in [-0.2, 0) is 10.0 Å². The maximum Gasteiger partial charge on any atom is 0.265 e. The summed E-state index contributed by atoms with van der Waals surface area (Å²) in [5.41, 5.74) is 5.86. The van der Waals surface area contributed by atoms with Gasteiger partial charge < -0.3 is 5.73 Å². The van der Waals surface area contributed by atoms with E-state index in [9.17, 15) is 12.8 Å². The lowest BCUT2D eigenvalue weighted by molar-refractivity contribution is 0.598. The first-order valence-corrected chi connectivity index (χ1v) is 7.32. The average Bonchev–Trinajstić information content (AvgIpc) is 2.78. The van der Waals surface area contributed by atoms with Gasteiger partial charge in [-0.1, -0.05) is 12.2 Å². The number of nitrogens with one attached hydrogen (secondary N) is 2. The van der Waals surface area contributed by atoms with Gasteiger partial charge in [0, 0.05) is 5.56 Å². The zero-order chi connectivity index (χ0) is 14.9. The van der Waals surface area contributed by atoms with Crippen LogP contribution in [0.15, 0.2) is 29.3 Å². The van der Waals surface area contributed by atoms with Gasteiger partial charge in [0.1, 0.15) is 15.7 Å². The van der Waals surface area contributed by atoms with Gasteiger partial charge in [0.15, 0.2) is 0 Å². The molecule has 0 atom stereocenters. The van der Waals surface area contributed by atoms with E-state index in [4.69, 9.17) is 18.0 Å². The fourth-order valence-corrected chi connectivity index (χ4v) is 2.89. The van der Waals surface area contributed by atoms with E-state index >= 15 is 0 Å². The lowest BCUT2D eigenvalue weighted by Gasteiger charge is -2.09. The number of aromatic amines is 1. The minimum atomic E-state index is -3.90. The predicted molar refractivity (Wildman–Crippen MR) is 76.4 cm³/mol. The van der Waals surface area contributed by atoms with Crippen molar-refractivity contribution in [2.75, 3.05) is 4.72 Å². The molecule has 1 aromatic carbocycles. The van der Waals surface area contributed by atoms with Crippen molar-refractivity contribution in [3.63, 3.8) is 0 Å². The second-order valence-corrected chi connectivity index (χ2v) is 6.11. The number of hydrogen-bond donors (Lipinski definition) is 3. The summed E-state index contributed by atoms with van der Waals surface area (Å²) < 4.78 is 40.1. The number of nitrogens with zero attached hydrogens (tertiary/aromatic N) is 1. The van der Waals surface area contributed by atoms with Crippen LogP contribution in [0.25, 0.3) is 0 Å². The molecule has 0 bridgehead atoms. The molecule has 20 heavy (non-hydrogen) atoms. The highest BCUT2D eigenvalue weighted by atomic mass is 32.2. The average molecular weight is 314 g/mol. The number of aryl methyl sites for hydroxylation is 1. The third-order valence-corrected chi connectivity index (χ3v) is 4.29. The number of aromatic nitrogens is 2. The summed E-state index contributed by atoms with van der Waals surface area (Å²) in [7, 11) is -3.90. The molecule has 0 saturated heterocycles. The molecule has 0 radical (unpaired) electrons. The summed E-state index contributed by atoms with van der Waals surface area (Å²) in [5.74, 6) is -0.764. The Morgan fingerprint density at radius 2 is 2.20 bits per heavy atom. The van der Waals surface area contributed by atoms with Crippen molar-refractivity contribution in [3.8, 4) is 0 Å². The fourth-order valence-electron chi connectivity index (χ4n) is 1.56. The van der Waals surface area contributed by atoms with Crippen molar-refractivity contribution in [1.29, 1.82) is 0 Å². The zero-order valence-corrected chi connectivity index (χ0v) is 12.0. The molecule has 6 nitrogen and oxygen atoms in total. The fraction of sp³-hybridized carbons (Fsp3) is 0.0909. The number of rotatable bonds is 4. The van der Waals surface area contributed by atoms with E-state index in [-0.39, 0.29) is 15.6 Å². The van der Waals surface area contributed by atoms with Crippen LogP contribution >= 0.6 is 12.2 Å². The Morgan fingerprint density at radius 1 is 1.50 bits per heavy atom. The van der Waals surface area contributed by atoms with Crippen molar-refractivity contribution in [2.45, 2.75) is 11.8 Å². The number of sulfonamides is 1. The van der Waals surface area contributed by atoms with E-state index < -0.39 is 15.8 Å². The number of benzene rings is 1. The number of halogens is 1. The maximum atomic E-state index is 13.8. The summed E-state index contributed by atoms with van der Waals surface area (Å²) in [6, 6.07) is 3.77. The first-order chi connectivity index (χ1) is 9.31. The summed E-state index contributed by atoms with van der Waals surface area (Å²) in [6.07, 6.45) is 1.15. The molecule has 0 amide bonds. The van der Waals surface area contributed by atoms with Crippen LogP contribution in [0.5, 0.6) is 0 Å². The van der Waals surface area contributed by atoms with Crippen LogP contribution in [0.3, 0.4) is 0 Å². The van der Waals surface area contributed by atoms with Gasteiger partial charge in [0.05, 0.1) is 17.6 Å². The highest BCUT2D eigenvalue weighted by Gasteiger charge is 2.20. The van der Waals surface area contributed by atoms with Crippen LogP contribution in [0.4, 0.5) is 10.1 Å². The number of nitrogens with two attached hydrogens (primary N) is 1. The third kappa shape index (κ3) is 2.78. The van der Waals surface area contributed by atoms with Gasteiger partial charge in [0.25, 0.3) is 10.0 Å². The summed E-state index contributed by atoms with van der Waals surface area (Å²) in [4.78, 5) is -0.0145. The van der Waals surface area contributed by atoms with E-state index in [1.54, 1.807) is 6.92 Å². The monoisotopic (exact) mass is 314 g/mol. The second-order valence-electron chi connectivity index (χ2n) is 4.02. The summed E-state index contributed by atoms with van der Waals surface area (Å²) in [5, 5.41) is 6.12. The van der Waals surface area contributed by atoms with Crippen molar-refractivity contribution >= 4 is 32.9 Å². The normalized spacial score (nSPS) is 11.3. The Kier molecular flexibility index (Phi) is 3.73. The number of thiocarbonyl (C=S) groups is 1. The van der Waals surface area contributed by atoms with E-state index in [0.717, 1.165) is 12.3 Å². The second kappa shape index (κ2) is 5.17. The van der Waals surface area contributed by atoms with Gasteiger partial charge in [-0.3, -0.25) is 9.82 Å². The molecule has 0 aliphatic rings. The highest BCUT2D eigenvalue weighted by Crippen LogP contribution is 2.21. The van der Waals surface area contributed by atoms with Gasteiger partial charge in [-0.15, -0.1) is 0 Å². The van der Waals surface area contributed by atoms with Gasteiger partial charge in [-0.25, -0.2) is 12.8 Å². The largest absolute Gasteiger partial charge is 0.389 e. The number of H-pyrrole nitrogens is 1.